The summed E-state index contributed by atoms with van der Waals surface area (Å²) in [6.07, 6.45) is 0.960. The van der Waals surface area contributed by atoms with Gasteiger partial charge in [0.2, 0.25) is 5.91 Å². The zero-order chi connectivity index (χ0) is 16.5. The molecule has 0 aromatic heterocycles. The van der Waals surface area contributed by atoms with Crippen LogP contribution in [0.15, 0.2) is 24.3 Å². The number of carboxylic acid groups (broad SMARTS) is 1. The number of nitrogens with zero attached hydrogens (tertiary/aromatic N) is 1. The monoisotopic (exact) mass is 307 g/mol. The van der Waals surface area contributed by atoms with E-state index in [2.05, 4.69) is 0 Å². The molecule has 6 heteroatoms. The molecule has 6 nitrogen and oxygen atoms in total. The number of benzene rings is 1. The lowest BCUT2D eigenvalue weighted by atomic mass is 10.1. The highest BCUT2D eigenvalue weighted by Crippen LogP contribution is 2.14. The molecule has 1 rings (SSSR count). The highest BCUT2D eigenvalue weighted by atomic mass is 16.5. The Bertz CT molecular complexity index is 524. The van der Waals surface area contributed by atoms with Gasteiger partial charge in [-0.2, -0.15) is 0 Å². The molecule has 0 aliphatic carbocycles. The molecule has 0 saturated heterocycles. The second-order valence-corrected chi connectivity index (χ2v) is 4.94. The van der Waals surface area contributed by atoms with Crippen molar-refractivity contribution >= 4 is 17.7 Å². The van der Waals surface area contributed by atoms with Crippen molar-refractivity contribution in [1.29, 1.82) is 0 Å². The molecule has 0 atom stereocenters. The average molecular weight is 307 g/mol. The van der Waals surface area contributed by atoms with Crippen molar-refractivity contribution in [2.45, 2.75) is 26.2 Å². The van der Waals surface area contributed by atoms with Gasteiger partial charge in [-0.05, 0) is 30.7 Å². The van der Waals surface area contributed by atoms with Gasteiger partial charge in [-0.1, -0.05) is 6.92 Å². The van der Waals surface area contributed by atoms with E-state index < -0.39 is 5.97 Å². The highest BCUT2D eigenvalue weighted by molar-refractivity contribution is 5.98. The Hall–Kier alpha value is -2.37. The summed E-state index contributed by atoms with van der Waals surface area (Å²) in [6, 6.07) is 6.78. The van der Waals surface area contributed by atoms with Gasteiger partial charge in [0.15, 0.2) is 5.78 Å². The lowest BCUT2D eigenvalue weighted by molar-refractivity contribution is -0.143. The van der Waals surface area contributed by atoms with Crippen molar-refractivity contribution in [1.82, 2.24) is 4.90 Å². The minimum Gasteiger partial charge on any atom is -0.494 e. The van der Waals surface area contributed by atoms with Crippen molar-refractivity contribution in [2.24, 2.45) is 0 Å². The molecule has 0 spiro atoms. The lowest BCUT2D eigenvalue weighted by Crippen LogP contribution is -2.32. The lowest BCUT2D eigenvalue weighted by Gasteiger charge is -2.14. The predicted molar refractivity (Wildman–Crippen MR) is 81.1 cm³/mol. The molecule has 0 fully saturated rings. The van der Waals surface area contributed by atoms with Crippen molar-refractivity contribution in [3.8, 4) is 5.75 Å². The number of carboxylic acids is 1. The van der Waals surface area contributed by atoms with E-state index in [9.17, 15) is 14.4 Å². The van der Waals surface area contributed by atoms with E-state index in [1.165, 1.54) is 7.05 Å². The number of likely N-dealkylation sites (N-methyl/N-ethyl adjacent to an activating group) is 1. The smallest absolute Gasteiger partial charge is 0.323 e. The van der Waals surface area contributed by atoms with Gasteiger partial charge in [-0.25, -0.2) is 0 Å². The van der Waals surface area contributed by atoms with Crippen LogP contribution in [0.25, 0.3) is 0 Å². The third-order valence-corrected chi connectivity index (χ3v) is 3.01. The van der Waals surface area contributed by atoms with Crippen LogP contribution in [0.5, 0.6) is 5.75 Å². The summed E-state index contributed by atoms with van der Waals surface area (Å²) in [4.78, 5) is 35.3. The van der Waals surface area contributed by atoms with Crippen LogP contribution in [0.3, 0.4) is 0 Å². The molecular weight excluding hydrogens is 286 g/mol. The Kier molecular flexibility index (Phi) is 7.08. The van der Waals surface area contributed by atoms with E-state index >= 15 is 0 Å². The van der Waals surface area contributed by atoms with Crippen LogP contribution in [0.1, 0.15) is 36.5 Å². The standard InChI is InChI=1S/C16H21NO5/c1-3-10-22-13-6-4-12(5-7-13)14(18)8-9-15(19)17(2)11-16(20)21/h4-7H,3,8-11H2,1-2H3,(H,20,21). The van der Waals surface area contributed by atoms with Gasteiger partial charge in [-0.3, -0.25) is 14.4 Å². The molecule has 1 amide bonds. The fourth-order valence-corrected chi connectivity index (χ4v) is 1.80. The summed E-state index contributed by atoms with van der Waals surface area (Å²) in [5.41, 5.74) is 0.512. The van der Waals surface area contributed by atoms with E-state index in [1.54, 1.807) is 24.3 Å². The number of rotatable bonds is 9. The molecule has 0 saturated carbocycles. The maximum absolute atomic E-state index is 12.0. The molecular formula is C16H21NO5. The first-order valence-corrected chi connectivity index (χ1v) is 7.15. The SMILES string of the molecule is CCCOc1ccc(C(=O)CCC(=O)N(C)CC(=O)O)cc1. The van der Waals surface area contributed by atoms with Gasteiger partial charge in [-0.15, -0.1) is 0 Å². The fraction of sp³-hybridized carbons (Fsp3) is 0.438. The molecule has 0 heterocycles. The Morgan fingerprint density at radius 1 is 1.14 bits per heavy atom. The quantitative estimate of drug-likeness (QED) is 0.705. The molecule has 22 heavy (non-hydrogen) atoms. The Morgan fingerprint density at radius 3 is 2.32 bits per heavy atom. The number of carbonyl (C=O) groups is 3. The zero-order valence-electron chi connectivity index (χ0n) is 12.9. The molecule has 0 aliphatic rings. The third kappa shape index (κ3) is 5.95. The van der Waals surface area contributed by atoms with Gasteiger partial charge in [0.1, 0.15) is 12.3 Å². The number of ether oxygens (including phenoxy) is 1. The van der Waals surface area contributed by atoms with Crippen molar-refractivity contribution in [3.63, 3.8) is 0 Å². The molecule has 0 bridgehead atoms. The van der Waals surface area contributed by atoms with Crippen molar-refractivity contribution < 1.29 is 24.2 Å². The maximum atomic E-state index is 12.0. The Morgan fingerprint density at radius 2 is 1.77 bits per heavy atom. The summed E-state index contributed by atoms with van der Waals surface area (Å²) < 4.78 is 5.43. The molecule has 0 aliphatic heterocycles. The average Bonchev–Trinajstić information content (AvgIpc) is 2.50. The molecule has 1 N–H and O–H groups in total. The number of hydrogen-bond donors (Lipinski definition) is 1. The number of aliphatic carboxylic acids is 1. The minimum absolute atomic E-state index is 0.00327. The number of Topliss-reactive ketones (excluding diaryl/α,β-unsaturated/α-hetero) is 1. The van der Waals surface area contributed by atoms with Crippen molar-refractivity contribution in [3.05, 3.63) is 29.8 Å². The van der Waals surface area contributed by atoms with Gasteiger partial charge in [0.05, 0.1) is 6.61 Å². The number of carbonyl (C=O) groups excluding carboxylic acids is 2. The summed E-state index contributed by atoms with van der Waals surface area (Å²) >= 11 is 0. The largest absolute Gasteiger partial charge is 0.494 e. The first-order valence-electron chi connectivity index (χ1n) is 7.15. The number of hydrogen-bond acceptors (Lipinski definition) is 4. The summed E-state index contributed by atoms with van der Waals surface area (Å²) in [5, 5.41) is 8.60. The second kappa shape index (κ2) is 8.81. The van der Waals surface area contributed by atoms with Gasteiger partial charge >= 0.3 is 5.97 Å². The summed E-state index contributed by atoms with van der Waals surface area (Å²) in [7, 11) is 1.40. The summed E-state index contributed by atoms with van der Waals surface area (Å²) in [6.45, 7) is 2.27. The van der Waals surface area contributed by atoms with Gasteiger partial charge in [0.25, 0.3) is 0 Å². The van der Waals surface area contributed by atoms with Crippen LogP contribution in [-0.2, 0) is 9.59 Å². The Balaban J connectivity index is 2.48. The van der Waals surface area contributed by atoms with E-state index in [1.807, 2.05) is 6.92 Å². The first kappa shape index (κ1) is 17.7. The Labute approximate surface area is 129 Å². The maximum Gasteiger partial charge on any atom is 0.323 e. The molecule has 1 aromatic carbocycles. The van der Waals surface area contributed by atoms with Crippen LogP contribution in [0.4, 0.5) is 0 Å². The normalized spacial score (nSPS) is 10.1. The molecule has 120 valence electrons. The van der Waals surface area contributed by atoms with Crippen LogP contribution < -0.4 is 4.74 Å². The minimum atomic E-state index is -1.08. The van der Waals surface area contributed by atoms with E-state index in [-0.39, 0.29) is 31.1 Å². The van der Waals surface area contributed by atoms with Crippen LogP contribution >= 0.6 is 0 Å². The van der Waals surface area contributed by atoms with Crippen LogP contribution in [-0.4, -0.2) is 47.9 Å². The van der Waals surface area contributed by atoms with Crippen LogP contribution in [0, 0.1) is 0 Å². The fourth-order valence-electron chi connectivity index (χ4n) is 1.80. The zero-order valence-corrected chi connectivity index (χ0v) is 12.9. The highest BCUT2D eigenvalue weighted by Gasteiger charge is 2.14. The number of ketones is 1. The molecule has 0 radical (unpaired) electrons. The van der Waals surface area contributed by atoms with E-state index in [0.29, 0.717) is 17.9 Å². The summed E-state index contributed by atoms with van der Waals surface area (Å²) in [5.74, 6) is -0.890. The third-order valence-electron chi connectivity index (χ3n) is 3.01. The van der Waals surface area contributed by atoms with E-state index in [0.717, 1.165) is 11.3 Å². The number of amides is 1. The predicted octanol–water partition coefficient (Wildman–Crippen LogP) is 1.98. The second-order valence-electron chi connectivity index (χ2n) is 4.94. The topological polar surface area (TPSA) is 83.9 Å². The first-order chi connectivity index (χ1) is 10.4. The van der Waals surface area contributed by atoms with Gasteiger partial charge in [0, 0.05) is 25.5 Å². The van der Waals surface area contributed by atoms with Gasteiger partial charge < -0.3 is 14.7 Å². The van der Waals surface area contributed by atoms with E-state index in [4.69, 9.17) is 9.84 Å². The van der Waals surface area contributed by atoms with Crippen LogP contribution in [0.2, 0.25) is 0 Å². The molecule has 1 aromatic rings. The van der Waals surface area contributed by atoms with Crippen molar-refractivity contribution in [2.75, 3.05) is 20.2 Å². The molecule has 0 unspecified atom stereocenters.